The Kier molecular flexibility index (Phi) is 8.34. The number of amides is 1. The first-order valence-corrected chi connectivity index (χ1v) is 13.0. The number of hydrogen-bond donors (Lipinski definition) is 0. The number of hydrogen-bond acceptors (Lipinski definition) is 6. The second-order valence-electron chi connectivity index (χ2n) is 9.07. The lowest BCUT2D eigenvalue weighted by molar-refractivity contribution is -0.137. The summed E-state index contributed by atoms with van der Waals surface area (Å²) in [6.45, 7) is 8.76. The first-order chi connectivity index (χ1) is 19.4. The van der Waals surface area contributed by atoms with Crippen LogP contribution in [0.15, 0.2) is 58.6 Å². The third-order valence-corrected chi connectivity index (χ3v) is 7.78. The van der Waals surface area contributed by atoms with E-state index in [-0.39, 0.29) is 53.5 Å². The molecule has 0 aliphatic carbocycles. The minimum atomic E-state index is -4.94. The van der Waals surface area contributed by atoms with Gasteiger partial charge in [-0.1, -0.05) is 13.2 Å². The molecule has 2 aromatic carbocycles. The summed E-state index contributed by atoms with van der Waals surface area (Å²) in [5, 5.41) is 0.0000672. The Bertz CT molecular complexity index is 1640. The van der Waals surface area contributed by atoms with Gasteiger partial charge in [-0.15, -0.1) is 11.8 Å². The highest BCUT2D eigenvalue weighted by atomic mass is 32.2. The molecule has 2 aliphatic rings. The molecule has 3 aromatic rings. The summed E-state index contributed by atoms with van der Waals surface area (Å²) in [4.78, 5) is 40.0. The lowest BCUT2D eigenvalue weighted by Gasteiger charge is -2.37. The van der Waals surface area contributed by atoms with Crippen LogP contribution >= 0.6 is 11.8 Å². The number of thioether (sulfide) groups is 1. The Morgan fingerprint density at radius 3 is 2.39 bits per heavy atom. The molecule has 1 fully saturated rings. The van der Waals surface area contributed by atoms with Gasteiger partial charge >= 0.3 is 11.9 Å². The Morgan fingerprint density at radius 1 is 1.07 bits per heavy atom. The molecule has 0 spiro atoms. The average Bonchev–Trinajstić information content (AvgIpc) is 3.15. The number of carbonyl (C=O) groups excluding carboxylic acids is 2. The maximum atomic E-state index is 14.9. The molecular weight excluding hydrogens is 574 g/mol. The van der Waals surface area contributed by atoms with Gasteiger partial charge in [0.25, 0.3) is 5.91 Å². The third kappa shape index (κ3) is 5.47. The predicted molar refractivity (Wildman–Crippen MR) is 142 cm³/mol. The van der Waals surface area contributed by atoms with Crippen molar-refractivity contribution in [2.45, 2.75) is 24.0 Å². The van der Waals surface area contributed by atoms with E-state index < -0.39 is 51.9 Å². The monoisotopic (exact) mass is 596 g/mol. The molecule has 0 unspecified atom stereocenters. The van der Waals surface area contributed by atoms with Crippen molar-refractivity contribution in [3.63, 3.8) is 0 Å². The van der Waals surface area contributed by atoms with E-state index in [0.717, 1.165) is 34.9 Å². The van der Waals surface area contributed by atoms with Gasteiger partial charge in [0.05, 0.1) is 17.6 Å². The number of rotatable bonds is 3. The molecule has 1 aromatic heterocycles. The summed E-state index contributed by atoms with van der Waals surface area (Å²) >= 11 is 1.05. The van der Waals surface area contributed by atoms with E-state index in [0.29, 0.717) is 18.2 Å². The van der Waals surface area contributed by atoms with Crippen molar-refractivity contribution >= 4 is 41.2 Å². The topological polar surface area (TPSA) is 75.5 Å². The van der Waals surface area contributed by atoms with E-state index in [2.05, 4.69) is 18.1 Å². The van der Waals surface area contributed by atoms with Crippen LogP contribution in [0.25, 0.3) is 22.0 Å². The summed E-state index contributed by atoms with van der Waals surface area (Å²) < 4.78 is 86.9. The molecule has 0 radical (unpaired) electrons. The summed E-state index contributed by atoms with van der Waals surface area (Å²) in [5.41, 5.74) is -2.51. The Balaban J connectivity index is 0.00000189. The molecule has 1 saturated heterocycles. The van der Waals surface area contributed by atoms with Gasteiger partial charge in [0.1, 0.15) is 24.2 Å². The summed E-state index contributed by atoms with van der Waals surface area (Å²) in [6.07, 6.45) is -4.51. The molecule has 216 valence electrons. The number of nitrogens with zero attached hydrogens (tertiary/aromatic N) is 4. The molecule has 5 rings (SSSR count). The molecule has 14 heteroatoms. The van der Waals surface area contributed by atoms with E-state index in [1.165, 1.54) is 9.47 Å². The highest BCUT2D eigenvalue weighted by molar-refractivity contribution is 7.99. The van der Waals surface area contributed by atoms with Crippen molar-refractivity contribution in [1.82, 2.24) is 14.5 Å². The maximum absolute atomic E-state index is 14.9. The van der Waals surface area contributed by atoms with Gasteiger partial charge in [-0.25, -0.2) is 18.0 Å². The highest BCUT2D eigenvalue weighted by Gasteiger charge is 2.39. The quantitative estimate of drug-likeness (QED) is 0.301. The number of carbonyl (C=O) groups is 2. The van der Waals surface area contributed by atoms with Crippen LogP contribution in [-0.2, 0) is 22.3 Å². The average molecular weight is 597 g/mol. The van der Waals surface area contributed by atoms with Gasteiger partial charge in [0, 0.05) is 52.8 Å². The van der Waals surface area contributed by atoms with Crippen LogP contribution in [-0.4, -0.2) is 52.5 Å². The number of halogens is 6. The molecule has 0 atom stereocenters. The molecule has 0 bridgehead atoms. The van der Waals surface area contributed by atoms with Crippen LogP contribution in [0.2, 0.25) is 0 Å². The van der Waals surface area contributed by atoms with Crippen LogP contribution < -0.4 is 10.6 Å². The van der Waals surface area contributed by atoms with Gasteiger partial charge in [-0.3, -0.25) is 9.36 Å². The van der Waals surface area contributed by atoms with Crippen molar-refractivity contribution in [3.05, 3.63) is 76.6 Å². The zero-order valence-electron chi connectivity index (χ0n) is 21.4. The third-order valence-electron chi connectivity index (χ3n) is 6.60. The SMILES string of the molecule is C=C(F)C(=O)N1CCN(c2nc(=O)n3c4c(c(-c5ccc(F)cc5F)c(C(F)(F)F)cc24)SCCC3)CC1=C.C=O. The molecule has 2 aliphatic heterocycles. The number of piperazine rings is 1. The van der Waals surface area contributed by atoms with Gasteiger partial charge in [0.15, 0.2) is 5.83 Å². The Labute approximate surface area is 233 Å². The second-order valence-corrected chi connectivity index (χ2v) is 10.2. The Morgan fingerprint density at radius 2 is 1.78 bits per heavy atom. The van der Waals surface area contributed by atoms with Crippen LogP contribution in [0.3, 0.4) is 0 Å². The second kappa shape index (κ2) is 11.4. The van der Waals surface area contributed by atoms with Crippen molar-refractivity contribution in [3.8, 4) is 11.1 Å². The number of alkyl halides is 3. The minimum absolute atomic E-state index is 0.0000672. The molecule has 3 heterocycles. The van der Waals surface area contributed by atoms with Crippen LogP contribution in [0, 0.1) is 11.6 Å². The maximum Gasteiger partial charge on any atom is 0.417 e. The zero-order valence-corrected chi connectivity index (χ0v) is 22.2. The van der Waals surface area contributed by atoms with Gasteiger partial charge in [-0.05, 0) is 30.4 Å². The zero-order chi connectivity index (χ0) is 30.2. The fraction of sp³-hybridized carbons (Fsp3) is 0.259. The molecule has 0 N–H and O–H groups in total. The number of aryl methyl sites for hydroxylation is 1. The van der Waals surface area contributed by atoms with E-state index in [9.17, 15) is 35.9 Å². The molecular formula is C27H22F6N4O3S. The predicted octanol–water partition coefficient (Wildman–Crippen LogP) is 5.32. The lowest BCUT2D eigenvalue weighted by atomic mass is 9.95. The van der Waals surface area contributed by atoms with Gasteiger partial charge < -0.3 is 14.6 Å². The lowest BCUT2D eigenvalue weighted by Crippen LogP contribution is -2.47. The standard InChI is InChI=1S/C26H20F6N4O2S.CH2O/c1-13-12-34(7-8-35(13)24(37)14(2)27)23-17-11-18(26(30,31)32)20(16-5-4-15(28)10-19(16)29)22-21(17)36(25(38)33-23)6-3-9-39-22;1-2/h4-5,10-11H,1-3,6-9,12H2;1H2. The highest BCUT2D eigenvalue weighted by Crippen LogP contribution is 2.48. The molecule has 0 saturated carbocycles. The van der Waals surface area contributed by atoms with Gasteiger partial charge in [-0.2, -0.15) is 18.2 Å². The normalized spacial score (nSPS) is 15.3. The van der Waals surface area contributed by atoms with Crippen molar-refractivity contribution in [2.24, 2.45) is 0 Å². The fourth-order valence-electron chi connectivity index (χ4n) is 4.90. The van der Waals surface area contributed by atoms with Crippen molar-refractivity contribution in [1.29, 1.82) is 0 Å². The summed E-state index contributed by atoms with van der Waals surface area (Å²) in [6, 6.07) is 3.16. The van der Waals surface area contributed by atoms with Crippen molar-refractivity contribution < 1.29 is 35.9 Å². The first-order valence-electron chi connectivity index (χ1n) is 12.0. The van der Waals surface area contributed by atoms with Crippen molar-refractivity contribution in [2.75, 3.05) is 30.3 Å². The van der Waals surface area contributed by atoms with E-state index >= 15 is 0 Å². The van der Waals surface area contributed by atoms with E-state index in [4.69, 9.17) is 4.79 Å². The van der Waals surface area contributed by atoms with Crippen LogP contribution in [0.5, 0.6) is 0 Å². The largest absolute Gasteiger partial charge is 0.417 e. The number of anilines is 1. The first kappa shape index (κ1) is 29.9. The molecule has 41 heavy (non-hydrogen) atoms. The Hall–Kier alpha value is -4.07. The van der Waals surface area contributed by atoms with Crippen LogP contribution in [0.1, 0.15) is 12.0 Å². The van der Waals surface area contributed by atoms with Gasteiger partial charge in [0.2, 0.25) is 0 Å². The van der Waals surface area contributed by atoms with Crippen LogP contribution in [0.4, 0.5) is 32.2 Å². The minimum Gasteiger partial charge on any atom is -0.348 e. The summed E-state index contributed by atoms with van der Waals surface area (Å²) in [7, 11) is 0. The number of aromatic nitrogens is 2. The fourth-order valence-corrected chi connectivity index (χ4v) is 6.10. The molecule has 1 amide bonds. The number of benzene rings is 2. The smallest absolute Gasteiger partial charge is 0.348 e. The molecule has 7 nitrogen and oxygen atoms in total. The summed E-state index contributed by atoms with van der Waals surface area (Å²) in [5.74, 6) is -4.02. The van der Waals surface area contributed by atoms with E-state index in [1.54, 1.807) is 0 Å². The van der Waals surface area contributed by atoms with E-state index in [1.807, 2.05) is 6.79 Å².